The molecule has 0 aliphatic carbocycles. The number of benzene rings is 1. The van der Waals surface area contributed by atoms with E-state index in [0.717, 1.165) is 0 Å². The van der Waals surface area contributed by atoms with Crippen LogP contribution in [-0.4, -0.2) is 42.6 Å². The summed E-state index contributed by atoms with van der Waals surface area (Å²) in [6.07, 6.45) is 1.32. The maximum atomic E-state index is 11.5. The molecule has 6 heteroatoms. The molecular weight excluding hydrogens is 258 g/mol. The molecule has 0 unspecified atom stereocenters. The number of carboxylic acids is 1. The van der Waals surface area contributed by atoms with Crippen molar-refractivity contribution in [3.8, 4) is 0 Å². The first kappa shape index (κ1) is 13.8. The molecule has 2 N–H and O–H groups in total. The van der Waals surface area contributed by atoms with E-state index in [4.69, 9.17) is 0 Å². The highest BCUT2D eigenvalue weighted by Gasteiger charge is 2.19. The summed E-state index contributed by atoms with van der Waals surface area (Å²) >= 11 is 0. The summed E-state index contributed by atoms with van der Waals surface area (Å²) < 4.78 is 0. The Kier molecular flexibility index (Phi) is 3.84. The van der Waals surface area contributed by atoms with Crippen LogP contribution in [0, 0.1) is 0 Å². The van der Waals surface area contributed by atoms with E-state index in [2.05, 4.69) is 10.3 Å². The maximum Gasteiger partial charge on any atom is 0.339 e. The van der Waals surface area contributed by atoms with Gasteiger partial charge in [-0.1, -0.05) is 18.2 Å². The van der Waals surface area contributed by atoms with Crippen molar-refractivity contribution in [2.24, 2.45) is 0 Å². The summed E-state index contributed by atoms with van der Waals surface area (Å²) in [7, 11) is 3.22. The summed E-state index contributed by atoms with van der Waals surface area (Å²) in [5.41, 5.74) is 1.26. The van der Waals surface area contributed by atoms with E-state index < -0.39 is 5.97 Å². The second kappa shape index (κ2) is 5.56. The number of nitrogens with zero attached hydrogens (tertiary/aromatic N) is 2. The van der Waals surface area contributed by atoms with Crippen LogP contribution in [0.2, 0.25) is 0 Å². The lowest BCUT2D eigenvalue weighted by atomic mass is 10.1. The molecule has 0 spiro atoms. The van der Waals surface area contributed by atoms with E-state index in [1.807, 2.05) is 12.1 Å². The third-order valence-corrected chi connectivity index (χ3v) is 3.02. The van der Waals surface area contributed by atoms with Gasteiger partial charge in [0.2, 0.25) is 5.91 Å². The van der Waals surface area contributed by atoms with Gasteiger partial charge in [0.05, 0.1) is 17.7 Å². The van der Waals surface area contributed by atoms with Crippen molar-refractivity contribution in [3.05, 3.63) is 36.0 Å². The summed E-state index contributed by atoms with van der Waals surface area (Å²) in [5.74, 6) is -1.26. The van der Waals surface area contributed by atoms with Gasteiger partial charge in [-0.05, 0) is 6.07 Å². The predicted molar refractivity (Wildman–Crippen MR) is 76.0 cm³/mol. The molecule has 1 aromatic heterocycles. The maximum absolute atomic E-state index is 11.5. The number of hydrogen-bond donors (Lipinski definition) is 2. The third kappa shape index (κ3) is 2.54. The number of aromatic nitrogens is 1. The molecule has 0 atom stereocenters. The Bertz CT molecular complexity index is 670. The molecule has 20 heavy (non-hydrogen) atoms. The van der Waals surface area contributed by atoms with Crippen molar-refractivity contribution in [3.63, 3.8) is 0 Å². The SMILES string of the molecule is CNC(=O)CN(C)c1c(C(=O)O)cnc2ccccc12. The summed E-state index contributed by atoms with van der Waals surface area (Å²) in [6.45, 7) is 0.0742. The van der Waals surface area contributed by atoms with Crippen LogP contribution in [0.1, 0.15) is 10.4 Å². The minimum atomic E-state index is -1.07. The van der Waals surface area contributed by atoms with Crippen molar-refractivity contribution < 1.29 is 14.7 Å². The number of likely N-dealkylation sites (N-methyl/N-ethyl adjacent to an activating group) is 2. The van der Waals surface area contributed by atoms with Crippen LogP contribution in [0.3, 0.4) is 0 Å². The van der Waals surface area contributed by atoms with Crippen LogP contribution in [-0.2, 0) is 4.79 Å². The quantitative estimate of drug-likeness (QED) is 0.872. The zero-order chi connectivity index (χ0) is 14.7. The van der Waals surface area contributed by atoms with Crippen LogP contribution < -0.4 is 10.2 Å². The molecule has 1 aromatic carbocycles. The van der Waals surface area contributed by atoms with Crippen LogP contribution in [0.5, 0.6) is 0 Å². The Morgan fingerprint density at radius 2 is 2.05 bits per heavy atom. The van der Waals surface area contributed by atoms with Crippen LogP contribution >= 0.6 is 0 Å². The second-order valence-electron chi connectivity index (χ2n) is 4.37. The van der Waals surface area contributed by atoms with Crippen molar-refractivity contribution in [2.45, 2.75) is 0 Å². The summed E-state index contributed by atoms with van der Waals surface area (Å²) in [6, 6.07) is 7.24. The molecule has 1 heterocycles. The third-order valence-electron chi connectivity index (χ3n) is 3.02. The van der Waals surface area contributed by atoms with Gasteiger partial charge in [0, 0.05) is 25.7 Å². The normalized spacial score (nSPS) is 10.3. The number of pyridine rings is 1. The van der Waals surface area contributed by atoms with E-state index >= 15 is 0 Å². The zero-order valence-corrected chi connectivity index (χ0v) is 11.3. The van der Waals surface area contributed by atoms with Crippen LogP contribution in [0.25, 0.3) is 10.9 Å². The van der Waals surface area contributed by atoms with E-state index in [0.29, 0.717) is 16.6 Å². The van der Waals surface area contributed by atoms with Gasteiger partial charge in [-0.2, -0.15) is 0 Å². The molecule has 104 valence electrons. The molecule has 0 saturated carbocycles. The van der Waals surface area contributed by atoms with Gasteiger partial charge >= 0.3 is 5.97 Å². The molecule has 0 bridgehead atoms. The van der Waals surface area contributed by atoms with Gasteiger partial charge in [0.25, 0.3) is 0 Å². The van der Waals surface area contributed by atoms with Gasteiger partial charge in [0.15, 0.2) is 0 Å². The number of rotatable bonds is 4. The first-order chi connectivity index (χ1) is 9.54. The van der Waals surface area contributed by atoms with E-state index in [1.54, 1.807) is 31.1 Å². The van der Waals surface area contributed by atoms with Crippen LogP contribution in [0.4, 0.5) is 5.69 Å². The highest BCUT2D eigenvalue weighted by atomic mass is 16.4. The number of nitrogens with one attached hydrogen (secondary N) is 1. The van der Waals surface area contributed by atoms with Crippen molar-refractivity contribution >= 4 is 28.5 Å². The van der Waals surface area contributed by atoms with Crippen molar-refractivity contribution in [1.29, 1.82) is 0 Å². The fourth-order valence-corrected chi connectivity index (χ4v) is 2.07. The Hall–Kier alpha value is -2.63. The Balaban J connectivity index is 2.60. The number of anilines is 1. The van der Waals surface area contributed by atoms with Crippen molar-refractivity contribution in [1.82, 2.24) is 10.3 Å². The van der Waals surface area contributed by atoms with Gasteiger partial charge in [0.1, 0.15) is 5.56 Å². The number of carbonyl (C=O) groups excluding carboxylic acids is 1. The lowest BCUT2D eigenvalue weighted by Gasteiger charge is -2.22. The number of hydrogen-bond acceptors (Lipinski definition) is 4. The Morgan fingerprint density at radius 3 is 2.70 bits per heavy atom. The van der Waals surface area contributed by atoms with E-state index in [9.17, 15) is 14.7 Å². The number of carboxylic acid groups (broad SMARTS) is 1. The number of fused-ring (bicyclic) bond motifs is 1. The second-order valence-corrected chi connectivity index (χ2v) is 4.37. The molecule has 6 nitrogen and oxygen atoms in total. The average Bonchev–Trinajstić information content (AvgIpc) is 2.45. The van der Waals surface area contributed by atoms with Crippen LogP contribution in [0.15, 0.2) is 30.5 Å². The molecule has 0 fully saturated rings. The highest BCUT2D eigenvalue weighted by molar-refractivity contribution is 6.05. The molecule has 2 aromatic rings. The van der Waals surface area contributed by atoms with E-state index in [1.165, 1.54) is 6.20 Å². The molecule has 0 aliphatic heterocycles. The minimum absolute atomic E-state index is 0.0742. The monoisotopic (exact) mass is 273 g/mol. The minimum Gasteiger partial charge on any atom is -0.478 e. The van der Waals surface area contributed by atoms with Crippen molar-refractivity contribution in [2.75, 3.05) is 25.5 Å². The van der Waals surface area contributed by atoms with Gasteiger partial charge in [-0.25, -0.2) is 4.79 Å². The molecular formula is C14H15N3O3. The summed E-state index contributed by atoms with van der Waals surface area (Å²) in [4.78, 5) is 28.6. The Morgan fingerprint density at radius 1 is 1.35 bits per heavy atom. The summed E-state index contributed by atoms with van der Waals surface area (Å²) in [5, 5.41) is 12.5. The Labute approximate surface area is 116 Å². The number of amides is 1. The highest BCUT2D eigenvalue weighted by Crippen LogP contribution is 2.28. The standard InChI is InChI=1S/C14H15N3O3/c1-15-12(18)8-17(2)13-9-5-3-4-6-11(9)16-7-10(13)14(19)20/h3-7H,8H2,1-2H3,(H,15,18)(H,19,20). The predicted octanol–water partition coefficient (Wildman–Crippen LogP) is 1.12. The number of para-hydroxylation sites is 1. The topological polar surface area (TPSA) is 82.5 Å². The molecule has 0 aliphatic rings. The van der Waals surface area contributed by atoms with Gasteiger partial charge in [-0.15, -0.1) is 0 Å². The number of aromatic carboxylic acids is 1. The van der Waals surface area contributed by atoms with Gasteiger partial charge in [-0.3, -0.25) is 9.78 Å². The lowest BCUT2D eigenvalue weighted by molar-refractivity contribution is -0.119. The fraction of sp³-hybridized carbons (Fsp3) is 0.214. The lowest BCUT2D eigenvalue weighted by Crippen LogP contribution is -2.33. The number of carbonyl (C=O) groups is 2. The first-order valence-electron chi connectivity index (χ1n) is 6.07. The fourth-order valence-electron chi connectivity index (χ4n) is 2.07. The molecule has 0 radical (unpaired) electrons. The molecule has 0 saturated heterocycles. The molecule has 2 rings (SSSR count). The smallest absolute Gasteiger partial charge is 0.339 e. The average molecular weight is 273 g/mol. The van der Waals surface area contributed by atoms with E-state index in [-0.39, 0.29) is 18.0 Å². The largest absolute Gasteiger partial charge is 0.478 e. The first-order valence-corrected chi connectivity index (χ1v) is 6.07. The molecule has 1 amide bonds. The zero-order valence-electron chi connectivity index (χ0n) is 11.3. The van der Waals surface area contributed by atoms with Gasteiger partial charge < -0.3 is 15.3 Å².